The summed E-state index contributed by atoms with van der Waals surface area (Å²) in [4.78, 5) is 11.2. The van der Waals surface area contributed by atoms with Crippen molar-refractivity contribution in [2.24, 2.45) is 0 Å². The van der Waals surface area contributed by atoms with Gasteiger partial charge in [-0.15, -0.1) is 0 Å². The van der Waals surface area contributed by atoms with Crippen molar-refractivity contribution in [2.45, 2.75) is 53.0 Å². The average molecular weight is 250 g/mol. The standard InChI is InChI=1S/C14H26N4/c1-7-8-9-18(6)12-10-11(2)15-13(16-12)17-14(3,4)5/h10H,7-9H2,1-6H3,(H,15,16,17). The number of aromatic nitrogens is 2. The Morgan fingerprint density at radius 1 is 1.28 bits per heavy atom. The highest BCUT2D eigenvalue weighted by atomic mass is 15.2. The molecular formula is C14H26N4. The lowest BCUT2D eigenvalue weighted by Crippen LogP contribution is -2.28. The molecule has 1 rings (SSSR count). The number of nitrogens with one attached hydrogen (secondary N) is 1. The number of nitrogens with zero attached hydrogens (tertiary/aromatic N) is 3. The molecule has 0 radical (unpaired) electrons. The molecule has 0 unspecified atom stereocenters. The maximum atomic E-state index is 4.58. The van der Waals surface area contributed by atoms with E-state index in [1.54, 1.807) is 0 Å². The summed E-state index contributed by atoms with van der Waals surface area (Å²) in [5.41, 5.74) is 0.975. The van der Waals surface area contributed by atoms with Crippen molar-refractivity contribution in [1.29, 1.82) is 0 Å². The zero-order valence-corrected chi connectivity index (χ0v) is 12.5. The lowest BCUT2D eigenvalue weighted by Gasteiger charge is -2.23. The molecule has 0 aliphatic rings. The van der Waals surface area contributed by atoms with E-state index < -0.39 is 0 Å². The lowest BCUT2D eigenvalue weighted by atomic mass is 10.1. The molecule has 0 aliphatic carbocycles. The fourth-order valence-corrected chi connectivity index (χ4v) is 1.65. The van der Waals surface area contributed by atoms with Gasteiger partial charge in [0.25, 0.3) is 0 Å². The third-order valence-electron chi connectivity index (χ3n) is 2.57. The summed E-state index contributed by atoms with van der Waals surface area (Å²) in [7, 11) is 2.08. The van der Waals surface area contributed by atoms with Gasteiger partial charge < -0.3 is 10.2 Å². The fourth-order valence-electron chi connectivity index (χ4n) is 1.65. The molecule has 1 N–H and O–H groups in total. The highest BCUT2D eigenvalue weighted by molar-refractivity contribution is 5.44. The smallest absolute Gasteiger partial charge is 0.225 e. The van der Waals surface area contributed by atoms with Gasteiger partial charge in [0.05, 0.1) is 0 Å². The second-order valence-corrected chi connectivity index (χ2v) is 5.84. The Labute approximate surface area is 111 Å². The van der Waals surface area contributed by atoms with Crippen LogP contribution in [-0.4, -0.2) is 29.1 Å². The Morgan fingerprint density at radius 3 is 2.50 bits per heavy atom. The topological polar surface area (TPSA) is 41.1 Å². The largest absolute Gasteiger partial charge is 0.360 e. The van der Waals surface area contributed by atoms with Crippen LogP contribution in [0.5, 0.6) is 0 Å². The highest BCUT2D eigenvalue weighted by Gasteiger charge is 2.13. The molecule has 0 atom stereocenters. The molecule has 0 spiro atoms. The normalized spacial score (nSPS) is 11.4. The second-order valence-electron chi connectivity index (χ2n) is 5.84. The van der Waals surface area contributed by atoms with Gasteiger partial charge >= 0.3 is 0 Å². The van der Waals surface area contributed by atoms with Crippen LogP contribution in [0, 0.1) is 6.92 Å². The van der Waals surface area contributed by atoms with E-state index in [0.29, 0.717) is 5.95 Å². The first-order valence-corrected chi connectivity index (χ1v) is 6.67. The molecule has 0 saturated carbocycles. The Morgan fingerprint density at radius 2 is 1.94 bits per heavy atom. The molecule has 18 heavy (non-hydrogen) atoms. The summed E-state index contributed by atoms with van der Waals surface area (Å²) in [6.45, 7) is 11.6. The van der Waals surface area contributed by atoms with Crippen molar-refractivity contribution >= 4 is 11.8 Å². The van der Waals surface area contributed by atoms with Gasteiger partial charge in [-0.2, -0.15) is 4.98 Å². The molecular weight excluding hydrogens is 224 g/mol. The zero-order valence-electron chi connectivity index (χ0n) is 12.5. The molecule has 4 nitrogen and oxygen atoms in total. The third-order valence-corrected chi connectivity index (χ3v) is 2.57. The van der Waals surface area contributed by atoms with Crippen molar-refractivity contribution in [3.05, 3.63) is 11.8 Å². The van der Waals surface area contributed by atoms with Crippen molar-refractivity contribution in [3.63, 3.8) is 0 Å². The van der Waals surface area contributed by atoms with Crippen LogP contribution in [0.15, 0.2) is 6.07 Å². The van der Waals surface area contributed by atoms with Crippen LogP contribution in [0.2, 0.25) is 0 Å². The first-order valence-electron chi connectivity index (χ1n) is 6.67. The monoisotopic (exact) mass is 250 g/mol. The minimum absolute atomic E-state index is 0.0208. The molecule has 1 aromatic rings. The van der Waals surface area contributed by atoms with Crippen LogP contribution in [0.4, 0.5) is 11.8 Å². The molecule has 0 bridgehead atoms. The minimum Gasteiger partial charge on any atom is -0.360 e. The van der Waals surface area contributed by atoms with E-state index in [1.807, 2.05) is 13.0 Å². The van der Waals surface area contributed by atoms with Crippen LogP contribution in [0.25, 0.3) is 0 Å². The lowest BCUT2D eigenvalue weighted by molar-refractivity contribution is 0.625. The molecule has 0 fully saturated rings. The Balaban J connectivity index is 2.86. The maximum Gasteiger partial charge on any atom is 0.225 e. The first-order chi connectivity index (χ1) is 8.31. The first kappa shape index (κ1) is 14.7. The van der Waals surface area contributed by atoms with Gasteiger partial charge in [0.1, 0.15) is 5.82 Å². The van der Waals surface area contributed by atoms with E-state index in [-0.39, 0.29) is 5.54 Å². The second kappa shape index (κ2) is 6.03. The SMILES string of the molecule is CCCCN(C)c1cc(C)nc(NC(C)(C)C)n1. The van der Waals surface area contributed by atoms with Crippen molar-refractivity contribution in [3.8, 4) is 0 Å². The Hall–Kier alpha value is -1.32. The number of aryl methyl sites for hydroxylation is 1. The van der Waals surface area contributed by atoms with Crippen LogP contribution >= 0.6 is 0 Å². The van der Waals surface area contributed by atoms with Gasteiger partial charge in [0.15, 0.2) is 0 Å². The summed E-state index contributed by atoms with van der Waals surface area (Å²) >= 11 is 0. The summed E-state index contributed by atoms with van der Waals surface area (Å²) < 4.78 is 0. The minimum atomic E-state index is -0.0208. The summed E-state index contributed by atoms with van der Waals surface area (Å²) in [5.74, 6) is 1.70. The van der Waals surface area contributed by atoms with E-state index in [2.05, 4.69) is 54.9 Å². The molecule has 1 heterocycles. The van der Waals surface area contributed by atoms with Crippen molar-refractivity contribution in [2.75, 3.05) is 23.8 Å². The maximum absolute atomic E-state index is 4.58. The van der Waals surface area contributed by atoms with Gasteiger partial charge in [-0.25, -0.2) is 4.98 Å². The van der Waals surface area contributed by atoms with Crippen LogP contribution < -0.4 is 10.2 Å². The third kappa shape index (κ3) is 4.90. The predicted octanol–water partition coefficient (Wildman–Crippen LogP) is 3.23. The van der Waals surface area contributed by atoms with Gasteiger partial charge in [-0.3, -0.25) is 0 Å². The molecule has 0 amide bonds. The number of rotatable bonds is 5. The van der Waals surface area contributed by atoms with Crippen molar-refractivity contribution in [1.82, 2.24) is 9.97 Å². The fraction of sp³-hybridized carbons (Fsp3) is 0.714. The van der Waals surface area contributed by atoms with Gasteiger partial charge in [0, 0.05) is 30.9 Å². The Bertz CT molecular complexity index is 382. The molecule has 4 heteroatoms. The number of hydrogen-bond donors (Lipinski definition) is 1. The number of anilines is 2. The summed E-state index contributed by atoms with van der Waals surface area (Å²) in [6.07, 6.45) is 2.38. The van der Waals surface area contributed by atoms with Gasteiger partial charge in [-0.05, 0) is 34.1 Å². The van der Waals surface area contributed by atoms with Crippen LogP contribution in [0.3, 0.4) is 0 Å². The number of unbranched alkanes of at least 4 members (excludes halogenated alkanes) is 1. The zero-order chi connectivity index (χ0) is 13.8. The van der Waals surface area contributed by atoms with E-state index in [0.717, 1.165) is 18.1 Å². The van der Waals surface area contributed by atoms with E-state index in [9.17, 15) is 0 Å². The molecule has 0 aliphatic heterocycles. The predicted molar refractivity (Wildman–Crippen MR) is 78.3 cm³/mol. The van der Waals surface area contributed by atoms with E-state index in [1.165, 1.54) is 12.8 Å². The Kier molecular flexibility index (Phi) is 4.93. The van der Waals surface area contributed by atoms with Crippen LogP contribution in [-0.2, 0) is 0 Å². The molecule has 0 saturated heterocycles. The van der Waals surface area contributed by atoms with Crippen molar-refractivity contribution < 1.29 is 0 Å². The number of hydrogen-bond acceptors (Lipinski definition) is 4. The molecule has 102 valence electrons. The van der Waals surface area contributed by atoms with E-state index in [4.69, 9.17) is 0 Å². The van der Waals surface area contributed by atoms with Crippen LogP contribution in [0.1, 0.15) is 46.2 Å². The highest BCUT2D eigenvalue weighted by Crippen LogP contribution is 2.16. The van der Waals surface area contributed by atoms with E-state index >= 15 is 0 Å². The molecule has 1 aromatic heterocycles. The van der Waals surface area contributed by atoms with Gasteiger partial charge in [-0.1, -0.05) is 13.3 Å². The average Bonchev–Trinajstić information content (AvgIpc) is 2.22. The van der Waals surface area contributed by atoms with Gasteiger partial charge in [0.2, 0.25) is 5.95 Å². The quantitative estimate of drug-likeness (QED) is 0.871. The molecule has 0 aromatic carbocycles. The summed E-state index contributed by atoms with van der Waals surface area (Å²) in [5, 5.41) is 3.32. The summed E-state index contributed by atoms with van der Waals surface area (Å²) in [6, 6.07) is 2.03.